The zero-order valence-corrected chi connectivity index (χ0v) is 19.9. The van der Waals surface area contributed by atoms with Gasteiger partial charge >= 0.3 is 0 Å². The van der Waals surface area contributed by atoms with Gasteiger partial charge in [0.15, 0.2) is 0 Å². The predicted octanol–water partition coefficient (Wildman–Crippen LogP) is 2.05. The fraction of sp³-hybridized carbons (Fsp3) is 0.421. The molecule has 0 radical (unpaired) electrons. The van der Waals surface area contributed by atoms with Gasteiger partial charge in [-0.3, -0.25) is 4.79 Å². The fourth-order valence-corrected chi connectivity index (χ4v) is 6.83. The summed E-state index contributed by atoms with van der Waals surface area (Å²) in [6.07, 6.45) is 0.739. The molecule has 1 aliphatic rings. The summed E-state index contributed by atoms with van der Waals surface area (Å²) in [5.74, 6) is -0.358. The number of anilines is 1. The maximum Gasteiger partial charge on any atom is 0.252 e. The summed E-state index contributed by atoms with van der Waals surface area (Å²) in [5, 5.41) is 4.46. The van der Waals surface area contributed by atoms with Crippen molar-refractivity contribution in [3.63, 3.8) is 0 Å². The summed E-state index contributed by atoms with van der Waals surface area (Å²) < 4.78 is 58.1. The Kier molecular flexibility index (Phi) is 7.06. The van der Waals surface area contributed by atoms with Gasteiger partial charge in [-0.1, -0.05) is 6.07 Å². The van der Waals surface area contributed by atoms with Crippen molar-refractivity contribution in [2.45, 2.75) is 21.9 Å². The average Bonchev–Trinajstić information content (AvgIpc) is 3.29. The van der Waals surface area contributed by atoms with E-state index in [4.69, 9.17) is 4.74 Å². The molecule has 2 aromatic rings. The molecule has 1 aliphatic heterocycles. The summed E-state index contributed by atoms with van der Waals surface area (Å²) in [7, 11) is -2.93. The van der Waals surface area contributed by atoms with E-state index in [9.17, 15) is 21.6 Å². The monoisotopic (exact) mass is 487 g/mol. The molecular weight excluding hydrogens is 462 g/mol. The van der Waals surface area contributed by atoms with E-state index >= 15 is 0 Å². The molecule has 0 saturated carbocycles. The third kappa shape index (κ3) is 4.93. The molecule has 9 nitrogen and oxygen atoms in total. The van der Waals surface area contributed by atoms with Crippen molar-refractivity contribution in [3.8, 4) is 5.75 Å². The van der Waals surface area contributed by atoms with Crippen LogP contribution in [0.25, 0.3) is 0 Å². The summed E-state index contributed by atoms with van der Waals surface area (Å²) >= 11 is 1.17. The lowest BCUT2D eigenvalue weighted by atomic mass is 9.97. The van der Waals surface area contributed by atoms with E-state index in [2.05, 4.69) is 5.32 Å². The number of piperidine rings is 1. The van der Waals surface area contributed by atoms with Crippen LogP contribution in [-0.2, 0) is 24.8 Å². The van der Waals surface area contributed by atoms with Crippen molar-refractivity contribution < 1.29 is 26.4 Å². The summed E-state index contributed by atoms with van der Waals surface area (Å²) in [5.41, 5.74) is 0.254. The first-order valence-corrected chi connectivity index (χ1v) is 13.3. The average molecular weight is 488 g/mol. The molecule has 170 valence electrons. The minimum absolute atomic E-state index is 0.0328. The fourth-order valence-electron chi connectivity index (χ4n) is 3.29. The highest BCUT2D eigenvalue weighted by Gasteiger charge is 2.33. The second kappa shape index (κ2) is 9.25. The van der Waals surface area contributed by atoms with Crippen LogP contribution in [0.15, 0.2) is 44.8 Å². The molecule has 1 aromatic carbocycles. The van der Waals surface area contributed by atoms with E-state index in [0.29, 0.717) is 22.8 Å². The molecule has 0 unspecified atom stereocenters. The molecule has 0 bridgehead atoms. The smallest absolute Gasteiger partial charge is 0.252 e. The van der Waals surface area contributed by atoms with Crippen LogP contribution in [0.5, 0.6) is 5.75 Å². The molecule has 12 heteroatoms. The second-order valence-electron chi connectivity index (χ2n) is 7.25. The summed E-state index contributed by atoms with van der Waals surface area (Å²) in [6.45, 7) is 0.481. The number of rotatable bonds is 7. The van der Waals surface area contributed by atoms with Gasteiger partial charge in [-0.25, -0.2) is 21.1 Å². The first-order chi connectivity index (χ1) is 14.6. The third-order valence-electron chi connectivity index (χ3n) is 5.12. The maximum atomic E-state index is 12.8. The minimum Gasteiger partial charge on any atom is -0.495 e. The SMILES string of the molecule is COc1ccc(S(=O)(=O)N(C)C)cc1NC(=O)C1CCN(S(=O)(=O)c2cccs2)CC1. The van der Waals surface area contributed by atoms with Gasteiger partial charge in [0.1, 0.15) is 9.96 Å². The number of methoxy groups -OCH3 is 1. The van der Waals surface area contributed by atoms with Gasteiger partial charge in [0.2, 0.25) is 15.9 Å². The molecule has 0 aliphatic carbocycles. The van der Waals surface area contributed by atoms with Gasteiger partial charge in [-0.2, -0.15) is 4.31 Å². The van der Waals surface area contributed by atoms with E-state index in [0.717, 1.165) is 4.31 Å². The Bertz CT molecular complexity index is 1140. The zero-order chi connectivity index (χ0) is 22.8. The normalized spacial score (nSPS) is 16.4. The standard InChI is InChI=1S/C19H25N3O6S3/c1-21(2)30(24,25)15-6-7-17(28-3)16(13-15)20-19(23)14-8-10-22(11-9-14)31(26,27)18-5-4-12-29-18/h4-7,12-14H,8-11H2,1-3H3,(H,20,23). The Morgan fingerprint density at radius 2 is 1.84 bits per heavy atom. The molecular formula is C19H25N3O6S3. The number of sulfonamides is 2. The number of thiophene rings is 1. The van der Waals surface area contributed by atoms with Crippen LogP contribution in [0.3, 0.4) is 0 Å². The van der Waals surface area contributed by atoms with Crippen LogP contribution < -0.4 is 10.1 Å². The molecule has 3 rings (SSSR count). The Morgan fingerprint density at radius 3 is 2.39 bits per heavy atom. The van der Waals surface area contributed by atoms with E-state index < -0.39 is 26.0 Å². The molecule has 1 amide bonds. The first kappa shape index (κ1) is 23.7. The maximum absolute atomic E-state index is 12.8. The van der Waals surface area contributed by atoms with E-state index in [1.807, 2.05) is 0 Å². The van der Waals surface area contributed by atoms with Crippen LogP contribution in [0.1, 0.15) is 12.8 Å². The lowest BCUT2D eigenvalue weighted by molar-refractivity contribution is -0.120. The van der Waals surface area contributed by atoms with Crippen molar-refractivity contribution in [2.75, 3.05) is 39.6 Å². The van der Waals surface area contributed by atoms with Crippen molar-refractivity contribution >= 4 is 43.0 Å². The number of hydrogen-bond donors (Lipinski definition) is 1. The summed E-state index contributed by atoms with van der Waals surface area (Å²) in [6, 6.07) is 7.53. The highest BCUT2D eigenvalue weighted by Crippen LogP contribution is 2.31. The molecule has 1 N–H and O–H groups in total. The van der Waals surface area contributed by atoms with Crippen LogP contribution in [-0.4, -0.2) is 65.6 Å². The van der Waals surface area contributed by atoms with Gasteiger partial charge in [-0.05, 0) is 42.5 Å². The number of amides is 1. The number of carbonyl (C=O) groups is 1. The number of carbonyl (C=O) groups excluding carboxylic acids is 1. The topological polar surface area (TPSA) is 113 Å². The Morgan fingerprint density at radius 1 is 1.16 bits per heavy atom. The second-order valence-corrected chi connectivity index (χ2v) is 12.5. The highest BCUT2D eigenvalue weighted by atomic mass is 32.2. The van der Waals surface area contributed by atoms with Crippen LogP contribution in [0.2, 0.25) is 0 Å². The highest BCUT2D eigenvalue weighted by molar-refractivity contribution is 7.91. The largest absolute Gasteiger partial charge is 0.495 e. The number of nitrogens with one attached hydrogen (secondary N) is 1. The molecule has 1 saturated heterocycles. The van der Waals surface area contributed by atoms with Crippen molar-refractivity contribution in [3.05, 3.63) is 35.7 Å². The first-order valence-electron chi connectivity index (χ1n) is 9.52. The van der Waals surface area contributed by atoms with Crippen LogP contribution in [0.4, 0.5) is 5.69 Å². The van der Waals surface area contributed by atoms with Gasteiger partial charge in [0.05, 0.1) is 17.7 Å². The Hall–Kier alpha value is -1.99. The van der Waals surface area contributed by atoms with Crippen molar-refractivity contribution in [1.82, 2.24) is 8.61 Å². The molecule has 0 spiro atoms. The van der Waals surface area contributed by atoms with E-state index in [1.54, 1.807) is 17.5 Å². The number of hydrogen-bond acceptors (Lipinski definition) is 7. The van der Waals surface area contributed by atoms with Gasteiger partial charge in [0.25, 0.3) is 10.0 Å². The predicted molar refractivity (Wildman–Crippen MR) is 118 cm³/mol. The number of ether oxygens (including phenoxy) is 1. The van der Waals surface area contributed by atoms with Crippen LogP contribution >= 0.6 is 11.3 Å². The van der Waals surface area contributed by atoms with Crippen molar-refractivity contribution in [1.29, 1.82) is 0 Å². The minimum atomic E-state index is -3.68. The molecule has 2 heterocycles. The molecule has 31 heavy (non-hydrogen) atoms. The zero-order valence-electron chi connectivity index (χ0n) is 17.4. The van der Waals surface area contributed by atoms with E-state index in [-0.39, 0.29) is 29.6 Å². The number of benzene rings is 1. The Labute approximate surface area is 186 Å². The quantitative estimate of drug-likeness (QED) is 0.640. The lowest BCUT2D eigenvalue weighted by Crippen LogP contribution is -2.41. The van der Waals surface area contributed by atoms with E-state index in [1.165, 1.54) is 55.0 Å². The van der Waals surface area contributed by atoms with Crippen molar-refractivity contribution in [2.24, 2.45) is 5.92 Å². The van der Waals surface area contributed by atoms with Gasteiger partial charge in [-0.15, -0.1) is 11.3 Å². The number of nitrogens with zero attached hydrogens (tertiary/aromatic N) is 2. The summed E-state index contributed by atoms with van der Waals surface area (Å²) in [4.78, 5) is 12.9. The van der Waals surface area contributed by atoms with Gasteiger partial charge in [0, 0.05) is 33.1 Å². The third-order valence-corrected chi connectivity index (χ3v) is 10.2. The van der Waals surface area contributed by atoms with Crippen LogP contribution in [0, 0.1) is 5.92 Å². The Balaban J connectivity index is 1.71. The molecule has 1 fully saturated rings. The lowest BCUT2D eigenvalue weighted by Gasteiger charge is -2.30. The molecule has 1 aromatic heterocycles. The van der Waals surface area contributed by atoms with Gasteiger partial charge < -0.3 is 10.1 Å². The molecule has 0 atom stereocenters.